The lowest BCUT2D eigenvalue weighted by molar-refractivity contribution is -0.384. The standard InChI is InChI=1S/C14H14BrN3O2/c15-11-6-7-13(14(8-11)18(19)20)17-9-12(16)10-4-2-1-3-5-10/h1-8,12,17H,9,16H2. The number of nitro groups is 1. The van der Waals surface area contributed by atoms with E-state index in [0.717, 1.165) is 5.56 Å². The minimum atomic E-state index is -0.416. The fraction of sp³-hybridized carbons (Fsp3) is 0.143. The lowest BCUT2D eigenvalue weighted by atomic mass is 10.1. The maximum absolute atomic E-state index is 11.0. The third-order valence-corrected chi connectivity index (χ3v) is 3.39. The van der Waals surface area contributed by atoms with E-state index >= 15 is 0 Å². The van der Waals surface area contributed by atoms with Crippen LogP contribution < -0.4 is 11.1 Å². The van der Waals surface area contributed by atoms with Crippen LogP contribution in [-0.2, 0) is 0 Å². The van der Waals surface area contributed by atoms with Crippen LogP contribution in [0.25, 0.3) is 0 Å². The monoisotopic (exact) mass is 335 g/mol. The largest absolute Gasteiger partial charge is 0.378 e. The van der Waals surface area contributed by atoms with Crippen LogP contribution in [0.4, 0.5) is 11.4 Å². The molecule has 0 spiro atoms. The molecule has 6 heteroatoms. The molecule has 0 amide bonds. The molecular formula is C14H14BrN3O2. The highest BCUT2D eigenvalue weighted by Gasteiger charge is 2.15. The fourth-order valence-electron chi connectivity index (χ4n) is 1.84. The van der Waals surface area contributed by atoms with Gasteiger partial charge in [-0.2, -0.15) is 0 Å². The molecule has 2 aromatic rings. The Labute approximate surface area is 125 Å². The molecule has 0 aliphatic rings. The first-order chi connectivity index (χ1) is 9.58. The van der Waals surface area contributed by atoms with Crippen molar-refractivity contribution in [3.63, 3.8) is 0 Å². The maximum Gasteiger partial charge on any atom is 0.293 e. The molecule has 0 saturated heterocycles. The lowest BCUT2D eigenvalue weighted by Crippen LogP contribution is -2.20. The van der Waals surface area contributed by atoms with Crippen molar-refractivity contribution in [1.29, 1.82) is 0 Å². The average molecular weight is 336 g/mol. The highest BCUT2D eigenvalue weighted by atomic mass is 79.9. The minimum absolute atomic E-state index is 0.0274. The predicted octanol–water partition coefficient (Wildman–Crippen LogP) is 3.47. The zero-order valence-corrected chi connectivity index (χ0v) is 12.2. The molecule has 3 N–H and O–H groups in total. The molecule has 0 bridgehead atoms. The van der Waals surface area contributed by atoms with Crippen molar-refractivity contribution >= 4 is 27.3 Å². The van der Waals surface area contributed by atoms with Crippen molar-refractivity contribution in [2.45, 2.75) is 6.04 Å². The van der Waals surface area contributed by atoms with Crippen LogP contribution >= 0.6 is 15.9 Å². The number of nitro benzene ring substituents is 1. The number of hydrogen-bond acceptors (Lipinski definition) is 4. The molecule has 2 aromatic carbocycles. The molecular weight excluding hydrogens is 322 g/mol. The Balaban J connectivity index is 2.09. The molecule has 20 heavy (non-hydrogen) atoms. The number of anilines is 1. The first kappa shape index (κ1) is 14.5. The van der Waals surface area contributed by atoms with Crippen molar-refractivity contribution in [2.75, 3.05) is 11.9 Å². The van der Waals surface area contributed by atoms with Crippen molar-refractivity contribution in [3.8, 4) is 0 Å². The molecule has 5 nitrogen and oxygen atoms in total. The molecule has 2 rings (SSSR count). The van der Waals surface area contributed by atoms with Gasteiger partial charge in [-0.3, -0.25) is 10.1 Å². The molecule has 1 unspecified atom stereocenters. The summed E-state index contributed by atoms with van der Waals surface area (Å²) in [6, 6.07) is 14.3. The van der Waals surface area contributed by atoms with E-state index in [0.29, 0.717) is 16.7 Å². The molecule has 0 aliphatic carbocycles. The van der Waals surface area contributed by atoms with E-state index < -0.39 is 4.92 Å². The summed E-state index contributed by atoms with van der Waals surface area (Å²) in [7, 11) is 0. The molecule has 0 radical (unpaired) electrons. The number of nitrogens with one attached hydrogen (secondary N) is 1. The van der Waals surface area contributed by atoms with Gasteiger partial charge in [0.2, 0.25) is 0 Å². The number of benzene rings is 2. The van der Waals surface area contributed by atoms with Gasteiger partial charge in [0.25, 0.3) is 5.69 Å². The summed E-state index contributed by atoms with van der Waals surface area (Å²) in [5.74, 6) is 0. The van der Waals surface area contributed by atoms with Gasteiger partial charge >= 0.3 is 0 Å². The van der Waals surface area contributed by atoms with E-state index in [1.165, 1.54) is 6.07 Å². The summed E-state index contributed by atoms with van der Waals surface area (Å²) in [6.07, 6.45) is 0. The van der Waals surface area contributed by atoms with E-state index in [4.69, 9.17) is 5.73 Å². The predicted molar refractivity (Wildman–Crippen MR) is 82.7 cm³/mol. The van der Waals surface area contributed by atoms with Crippen LogP contribution in [0, 0.1) is 10.1 Å². The second-order valence-corrected chi connectivity index (χ2v) is 5.23. The Morgan fingerprint density at radius 2 is 1.95 bits per heavy atom. The van der Waals surface area contributed by atoms with Crippen LogP contribution in [0.2, 0.25) is 0 Å². The molecule has 0 fully saturated rings. The minimum Gasteiger partial charge on any atom is -0.378 e. The number of hydrogen-bond donors (Lipinski definition) is 2. The van der Waals surface area contributed by atoms with Gasteiger partial charge in [-0.1, -0.05) is 46.3 Å². The van der Waals surface area contributed by atoms with E-state index in [2.05, 4.69) is 21.2 Å². The summed E-state index contributed by atoms with van der Waals surface area (Å²) in [5.41, 5.74) is 7.53. The third-order valence-electron chi connectivity index (χ3n) is 2.90. The first-order valence-corrected chi connectivity index (χ1v) is 6.85. The van der Waals surface area contributed by atoms with Crippen LogP contribution in [-0.4, -0.2) is 11.5 Å². The number of nitrogens with two attached hydrogens (primary N) is 1. The van der Waals surface area contributed by atoms with Crippen molar-refractivity contribution in [3.05, 3.63) is 68.7 Å². The first-order valence-electron chi connectivity index (χ1n) is 6.06. The average Bonchev–Trinajstić information content (AvgIpc) is 2.46. The molecule has 0 aliphatic heterocycles. The van der Waals surface area contributed by atoms with Gasteiger partial charge in [-0.05, 0) is 17.7 Å². The molecule has 1 atom stereocenters. The summed E-state index contributed by atoms with van der Waals surface area (Å²) in [5, 5.41) is 14.0. The normalized spacial score (nSPS) is 11.9. The number of nitrogens with zero attached hydrogens (tertiary/aromatic N) is 1. The smallest absolute Gasteiger partial charge is 0.293 e. The van der Waals surface area contributed by atoms with Crippen LogP contribution in [0.3, 0.4) is 0 Å². The quantitative estimate of drug-likeness (QED) is 0.647. The second kappa shape index (κ2) is 6.49. The lowest BCUT2D eigenvalue weighted by Gasteiger charge is -2.14. The maximum atomic E-state index is 11.0. The van der Waals surface area contributed by atoms with Gasteiger partial charge in [0, 0.05) is 23.1 Å². The Kier molecular flexibility index (Phi) is 4.70. The zero-order chi connectivity index (χ0) is 14.5. The van der Waals surface area contributed by atoms with Gasteiger partial charge in [0.15, 0.2) is 0 Å². The summed E-state index contributed by atoms with van der Waals surface area (Å²) >= 11 is 3.22. The summed E-state index contributed by atoms with van der Waals surface area (Å²) in [4.78, 5) is 10.6. The van der Waals surface area contributed by atoms with E-state index in [1.807, 2.05) is 30.3 Å². The Hall–Kier alpha value is -1.92. The topological polar surface area (TPSA) is 81.2 Å². The Morgan fingerprint density at radius 3 is 2.60 bits per heavy atom. The summed E-state index contributed by atoms with van der Waals surface area (Å²) < 4.78 is 0.669. The Morgan fingerprint density at radius 1 is 1.25 bits per heavy atom. The van der Waals surface area contributed by atoms with Crippen LogP contribution in [0.5, 0.6) is 0 Å². The van der Waals surface area contributed by atoms with Crippen LogP contribution in [0.15, 0.2) is 53.0 Å². The van der Waals surface area contributed by atoms with Gasteiger partial charge in [0.05, 0.1) is 4.92 Å². The number of halogens is 1. The highest BCUT2D eigenvalue weighted by Crippen LogP contribution is 2.28. The van der Waals surface area contributed by atoms with Crippen molar-refractivity contribution in [2.24, 2.45) is 5.73 Å². The SMILES string of the molecule is NC(CNc1ccc(Br)cc1[N+](=O)[O-])c1ccccc1. The van der Waals surface area contributed by atoms with Gasteiger partial charge in [-0.25, -0.2) is 0 Å². The second-order valence-electron chi connectivity index (χ2n) is 4.32. The third kappa shape index (κ3) is 3.55. The molecule has 0 heterocycles. The highest BCUT2D eigenvalue weighted by molar-refractivity contribution is 9.10. The van der Waals surface area contributed by atoms with Gasteiger partial charge in [0.1, 0.15) is 5.69 Å². The van der Waals surface area contributed by atoms with E-state index in [1.54, 1.807) is 12.1 Å². The van der Waals surface area contributed by atoms with Crippen molar-refractivity contribution < 1.29 is 4.92 Å². The zero-order valence-electron chi connectivity index (χ0n) is 10.6. The molecule has 0 aromatic heterocycles. The van der Waals surface area contributed by atoms with Gasteiger partial charge in [-0.15, -0.1) is 0 Å². The number of rotatable bonds is 5. The fourth-order valence-corrected chi connectivity index (χ4v) is 2.19. The van der Waals surface area contributed by atoms with Gasteiger partial charge < -0.3 is 11.1 Å². The molecule has 104 valence electrons. The summed E-state index contributed by atoms with van der Waals surface area (Å²) in [6.45, 7) is 0.423. The molecule has 0 saturated carbocycles. The van der Waals surface area contributed by atoms with Crippen molar-refractivity contribution in [1.82, 2.24) is 0 Å². The van der Waals surface area contributed by atoms with E-state index in [9.17, 15) is 10.1 Å². The Bertz CT molecular complexity index is 605. The van der Waals surface area contributed by atoms with Crippen LogP contribution in [0.1, 0.15) is 11.6 Å². The van der Waals surface area contributed by atoms with E-state index in [-0.39, 0.29) is 11.7 Å².